The summed E-state index contributed by atoms with van der Waals surface area (Å²) in [5.74, 6) is -0.309. The molecule has 35 heavy (non-hydrogen) atoms. The smallest absolute Gasteiger partial charge is 0.406 e. The van der Waals surface area contributed by atoms with E-state index in [9.17, 15) is 18.0 Å². The number of hydrogen-bond donors (Lipinski definition) is 1. The van der Waals surface area contributed by atoms with Crippen molar-refractivity contribution in [2.45, 2.75) is 38.0 Å². The van der Waals surface area contributed by atoms with E-state index in [0.29, 0.717) is 40.9 Å². The van der Waals surface area contributed by atoms with Gasteiger partial charge in [-0.2, -0.15) is 0 Å². The van der Waals surface area contributed by atoms with E-state index in [1.54, 1.807) is 34.0 Å². The van der Waals surface area contributed by atoms with Crippen molar-refractivity contribution >= 4 is 28.3 Å². The maximum atomic E-state index is 13.7. The molecule has 180 valence electrons. The van der Waals surface area contributed by atoms with Crippen LogP contribution in [0.15, 0.2) is 43.0 Å². The zero-order valence-corrected chi connectivity index (χ0v) is 18.4. The van der Waals surface area contributed by atoms with E-state index in [1.165, 1.54) is 18.3 Å². The number of benzene rings is 1. The number of rotatable bonds is 2. The second-order valence-electron chi connectivity index (χ2n) is 8.70. The molecular weight excluding hydrogens is 465 g/mol. The number of morpholine rings is 1. The Balaban J connectivity index is 1.38. The van der Waals surface area contributed by atoms with Crippen molar-refractivity contribution in [1.82, 2.24) is 24.3 Å². The van der Waals surface area contributed by atoms with Crippen LogP contribution in [0.3, 0.4) is 0 Å². The number of nitrogen functional groups attached to an aromatic ring is 1. The minimum atomic E-state index is -4.78. The van der Waals surface area contributed by atoms with Gasteiger partial charge in [0.05, 0.1) is 42.5 Å². The maximum Gasteiger partial charge on any atom is 0.573 e. The number of carbonyl (C=O) groups is 1. The molecule has 1 saturated heterocycles. The van der Waals surface area contributed by atoms with Gasteiger partial charge in [-0.05, 0) is 36.2 Å². The van der Waals surface area contributed by atoms with Gasteiger partial charge in [0.15, 0.2) is 0 Å². The Morgan fingerprint density at radius 2 is 2.06 bits per heavy atom. The minimum Gasteiger partial charge on any atom is -0.406 e. The molecule has 1 amide bonds. The number of carbonyl (C=O) groups excluding carboxylic acids is 1. The first-order chi connectivity index (χ1) is 16.7. The summed E-state index contributed by atoms with van der Waals surface area (Å²) >= 11 is 0. The lowest BCUT2D eigenvalue weighted by Crippen LogP contribution is -2.50. The van der Waals surface area contributed by atoms with Crippen LogP contribution in [0.4, 0.5) is 19.0 Å². The molecule has 1 aliphatic carbocycles. The van der Waals surface area contributed by atoms with Crippen LogP contribution >= 0.6 is 0 Å². The Labute approximate surface area is 196 Å². The van der Waals surface area contributed by atoms with E-state index < -0.39 is 12.4 Å². The van der Waals surface area contributed by atoms with Gasteiger partial charge in [-0.1, -0.05) is 6.07 Å². The highest BCUT2D eigenvalue weighted by molar-refractivity contribution is 5.96. The fourth-order valence-corrected chi connectivity index (χ4v) is 5.05. The number of ether oxygens (including phenoxy) is 2. The van der Waals surface area contributed by atoms with Crippen molar-refractivity contribution in [2.24, 2.45) is 0 Å². The van der Waals surface area contributed by atoms with Crippen LogP contribution in [-0.4, -0.2) is 55.3 Å². The lowest BCUT2D eigenvalue weighted by atomic mass is 10.0. The van der Waals surface area contributed by atoms with E-state index in [2.05, 4.69) is 19.7 Å². The first-order valence-electron chi connectivity index (χ1n) is 10.9. The van der Waals surface area contributed by atoms with Crippen molar-refractivity contribution in [3.05, 3.63) is 59.8 Å². The van der Waals surface area contributed by atoms with Gasteiger partial charge in [0.1, 0.15) is 28.3 Å². The lowest BCUT2D eigenvalue weighted by molar-refractivity contribution is -0.274. The Morgan fingerprint density at radius 3 is 2.86 bits per heavy atom. The van der Waals surface area contributed by atoms with Crippen LogP contribution < -0.4 is 10.5 Å². The largest absolute Gasteiger partial charge is 0.573 e. The summed E-state index contributed by atoms with van der Waals surface area (Å²) in [4.78, 5) is 28.2. The highest BCUT2D eigenvalue weighted by atomic mass is 19.4. The zero-order valence-electron chi connectivity index (χ0n) is 18.4. The molecule has 12 heteroatoms. The van der Waals surface area contributed by atoms with Gasteiger partial charge < -0.3 is 20.1 Å². The number of fused-ring (bicyclic) bond motifs is 6. The number of aromatic nitrogens is 4. The molecule has 0 saturated carbocycles. The minimum absolute atomic E-state index is 0.206. The second kappa shape index (κ2) is 7.54. The number of alkyl halides is 3. The molecule has 3 aromatic heterocycles. The third-order valence-electron chi connectivity index (χ3n) is 6.38. The number of halogens is 3. The average molecular weight is 484 g/mol. The number of hydrogen-bond acceptors (Lipinski definition) is 7. The highest BCUT2D eigenvalue weighted by Gasteiger charge is 2.45. The number of imidazole rings is 1. The summed E-state index contributed by atoms with van der Waals surface area (Å²) in [6.45, 7) is 2.16. The predicted octanol–water partition coefficient (Wildman–Crippen LogP) is 3.29. The summed E-state index contributed by atoms with van der Waals surface area (Å²) in [5, 5.41) is 0. The van der Waals surface area contributed by atoms with E-state index in [0.717, 1.165) is 5.56 Å². The van der Waals surface area contributed by atoms with Crippen molar-refractivity contribution in [2.75, 3.05) is 12.3 Å². The van der Waals surface area contributed by atoms with Gasteiger partial charge in [0.2, 0.25) is 0 Å². The van der Waals surface area contributed by atoms with Gasteiger partial charge in [0, 0.05) is 13.0 Å². The molecule has 0 spiro atoms. The molecule has 4 aromatic rings. The van der Waals surface area contributed by atoms with Crippen LogP contribution in [0.2, 0.25) is 0 Å². The molecule has 1 aromatic carbocycles. The van der Waals surface area contributed by atoms with E-state index >= 15 is 0 Å². The molecule has 2 N–H and O–H groups in total. The third kappa shape index (κ3) is 3.60. The molecule has 1 aliphatic heterocycles. The third-order valence-corrected chi connectivity index (χ3v) is 6.38. The standard InChI is InChI=1S/C23H19F3N6O3/c1-11-9-31(20-14-3-2-13(35-23(24,25)26)4-12(14)5-19(20)34-11)22(33)15-6-17-16(7-29-15)30-21(27)18-8-28-10-32(17)18/h2-4,6-8,10-11,19-20H,5,9H2,1H3,(H2,27,30)/t11-,19-,20+/m1/s1. The summed E-state index contributed by atoms with van der Waals surface area (Å²) in [5.41, 5.74) is 9.33. The molecular formula is C23H19F3N6O3. The summed E-state index contributed by atoms with van der Waals surface area (Å²) in [7, 11) is 0. The first-order valence-corrected chi connectivity index (χ1v) is 10.9. The van der Waals surface area contributed by atoms with Crippen LogP contribution in [0.5, 0.6) is 5.75 Å². The Morgan fingerprint density at radius 1 is 1.23 bits per heavy atom. The monoisotopic (exact) mass is 484 g/mol. The van der Waals surface area contributed by atoms with Crippen molar-refractivity contribution in [3.8, 4) is 5.75 Å². The highest BCUT2D eigenvalue weighted by Crippen LogP contribution is 2.43. The van der Waals surface area contributed by atoms with E-state index in [-0.39, 0.29) is 29.6 Å². The molecule has 0 bridgehead atoms. The molecule has 3 atom stereocenters. The van der Waals surface area contributed by atoms with Gasteiger partial charge in [-0.3, -0.25) is 9.20 Å². The SMILES string of the molecule is C[C@@H]1CN(C(=O)c2cc3c(cn2)nc(N)c2cncn23)[C@H]2c3ccc(OC(F)(F)F)cc3C[C@H]2O1. The molecule has 1 fully saturated rings. The molecule has 2 aliphatic rings. The molecule has 6 rings (SSSR count). The van der Waals surface area contributed by atoms with Crippen LogP contribution in [0, 0.1) is 0 Å². The van der Waals surface area contributed by atoms with Crippen molar-refractivity contribution in [3.63, 3.8) is 0 Å². The van der Waals surface area contributed by atoms with Gasteiger partial charge in [-0.25, -0.2) is 15.0 Å². The van der Waals surface area contributed by atoms with Crippen molar-refractivity contribution < 1.29 is 27.4 Å². The average Bonchev–Trinajstić information content (AvgIpc) is 3.42. The number of nitrogens with zero attached hydrogens (tertiary/aromatic N) is 5. The van der Waals surface area contributed by atoms with Gasteiger partial charge in [0.25, 0.3) is 5.91 Å². The fraction of sp³-hybridized carbons (Fsp3) is 0.304. The lowest BCUT2D eigenvalue weighted by Gasteiger charge is -2.41. The predicted molar refractivity (Wildman–Crippen MR) is 118 cm³/mol. The Hall–Kier alpha value is -3.93. The van der Waals surface area contributed by atoms with Crippen LogP contribution in [0.1, 0.15) is 34.6 Å². The summed E-state index contributed by atoms with van der Waals surface area (Å²) in [6, 6.07) is 5.37. The molecule has 0 unspecified atom stereocenters. The fourth-order valence-electron chi connectivity index (χ4n) is 5.05. The summed E-state index contributed by atoms with van der Waals surface area (Å²) < 4.78 is 49.9. The topological polar surface area (TPSA) is 108 Å². The molecule has 9 nitrogen and oxygen atoms in total. The normalized spacial score (nSPS) is 21.8. The number of amides is 1. The van der Waals surface area contributed by atoms with E-state index in [1.807, 2.05) is 6.92 Å². The molecule has 4 heterocycles. The van der Waals surface area contributed by atoms with Crippen LogP contribution in [-0.2, 0) is 11.2 Å². The number of pyridine rings is 1. The van der Waals surface area contributed by atoms with Crippen molar-refractivity contribution in [1.29, 1.82) is 0 Å². The number of anilines is 1. The Bertz CT molecular complexity index is 1490. The first kappa shape index (κ1) is 21.6. The van der Waals surface area contributed by atoms with Gasteiger partial charge in [-0.15, -0.1) is 13.2 Å². The Kier molecular flexibility index (Phi) is 4.65. The second-order valence-corrected chi connectivity index (χ2v) is 8.70. The summed E-state index contributed by atoms with van der Waals surface area (Å²) in [6.07, 6.45) is -0.400. The molecule has 0 radical (unpaired) electrons. The maximum absolute atomic E-state index is 13.7. The van der Waals surface area contributed by atoms with E-state index in [4.69, 9.17) is 10.5 Å². The van der Waals surface area contributed by atoms with Gasteiger partial charge >= 0.3 is 6.36 Å². The number of nitrogens with two attached hydrogens (primary N) is 1. The van der Waals surface area contributed by atoms with Crippen LogP contribution in [0.25, 0.3) is 16.6 Å². The quantitative estimate of drug-likeness (QED) is 0.465. The zero-order chi connectivity index (χ0) is 24.5.